The minimum atomic E-state index is -0.868. The second-order valence-corrected chi connectivity index (χ2v) is 5.31. The normalized spacial score (nSPS) is 12.8. The summed E-state index contributed by atoms with van der Waals surface area (Å²) in [6, 6.07) is 13.2. The van der Waals surface area contributed by atoms with Crippen molar-refractivity contribution in [3.63, 3.8) is 0 Å². The summed E-state index contributed by atoms with van der Waals surface area (Å²) in [5, 5.41) is 12.9. The molecule has 0 bridgehead atoms. The Balaban J connectivity index is 0.000000188. The van der Waals surface area contributed by atoms with Gasteiger partial charge < -0.3 is 15.0 Å². The maximum Gasteiger partial charge on any atom is 0.491 e. The van der Waals surface area contributed by atoms with Crippen molar-refractivity contribution < 1.29 is 14.5 Å². The zero-order valence-corrected chi connectivity index (χ0v) is 13.0. The minimum Gasteiger partial charge on any atom is -0.423 e. The molecule has 114 valence electrons. The van der Waals surface area contributed by atoms with E-state index in [-0.39, 0.29) is 0 Å². The number of carbonyl (C=O) groups excluding carboxylic acids is 1. The second kappa shape index (κ2) is 7.99. The third-order valence-electron chi connectivity index (χ3n) is 3.36. The van der Waals surface area contributed by atoms with Crippen LogP contribution < -0.4 is 10.8 Å². The van der Waals surface area contributed by atoms with E-state index in [4.69, 9.17) is 16.3 Å². The number of nitrogens with one attached hydrogen (secondary N) is 1. The lowest BCUT2D eigenvalue weighted by atomic mass is 9.73. The first-order valence-corrected chi connectivity index (χ1v) is 7.33. The number of halogens is 1. The van der Waals surface area contributed by atoms with Gasteiger partial charge in [-0.25, -0.2) is 0 Å². The van der Waals surface area contributed by atoms with Gasteiger partial charge in [0, 0.05) is 17.3 Å². The van der Waals surface area contributed by atoms with Gasteiger partial charge in [-0.05, 0) is 48.1 Å². The number of fused-ring (bicyclic) bond motifs is 1. The van der Waals surface area contributed by atoms with Crippen LogP contribution in [-0.4, -0.2) is 25.2 Å². The molecule has 0 spiro atoms. The van der Waals surface area contributed by atoms with Gasteiger partial charge in [0.15, 0.2) is 0 Å². The maximum absolute atomic E-state index is 10.2. The van der Waals surface area contributed by atoms with Crippen LogP contribution in [0.4, 0.5) is 5.69 Å². The van der Waals surface area contributed by atoms with Gasteiger partial charge in [-0.2, -0.15) is 0 Å². The van der Waals surface area contributed by atoms with Crippen molar-refractivity contribution in [2.75, 3.05) is 11.9 Å². The summed E-state index contributed by atoms with van der Waals surface area (Å²) in [6.45, 7) is 2.52. The monoisotopic (exact) mass is 317 g/mol. The number of rotatable bonds is 2. The molecule has 0 radical (unpaired) electrons. The van der Waals surface area contributed by atoms with E-state index in [1.165, 1.54) is 0 Å². The van der Waals surface area contributed by atoms with E-state index in [9.17, 15) is 9.82 Å². The van der Waals surface area contributed by atoms with Crippen molar-refractivity contribution in [1.29, 1.82) is 0 Å². The van der Waals surface area contributed by atoms with Crippen molar-refractivity contribution in [2.45, 2.75) is 13.3 Å². The molecule has 1 aliphatic rings. The number of aryl methyl sites for hydroxylation is 1. The van der Waals surface area contributed by atoms with E-state index in [0.717, 1.165) is 28.0 Å². The predicted octanol–water partition coefficient (Wildman–Crippen LogP) is 2.16. The fourth-order valence-corrected chi connectivity index (χ4v) is 2.27. The molecule has 1 amide bonds. The summed E-state index contributed by atoms with van der Waals surface area (Å²) < 4.78 is 5.08. The van der Waals surface area contributed by atoms with Gasteiger partial charge in [0.2, 0.25) is 6.41 Å². The molecule has 0 saturated heterocycles. The number of hydrogen-bond donors (Lipinski definition) is 2. The topological polar surface area (TPSA) is 58.6 Å². The average molecular weight is 318 g/mol. The van der Waals surface area contributed by atoms with E-state index >= 15 is 0 Å². The lowest BCUT2D eigenvalue weighted by Crippen LogP contribution is -2.41. The third kappa shape index (κ3) is 4.34. The molecule has 0 atom stereocenters. The second-order valence-electron chi connectivity index (χ2n) is 4.90. The zero-order valence-electron chi connectivity index (χ0n) is 12.3. The van der Waals surface area contributed by atoms with Gasteiger partial charge in [0.1, 0.15) is 0 Å². The maximum atomic E-state index is 10.2. The molecule has 0 fully saturated rings. The van der Waals surface area contributed by atoms with Crippen LogP contribution in [0.3, 0.4) is 0 Å². The Kier molecular flexibility index (Phi) is 6.01. The van der Waals surface area contributed by atoms with Gasteiger partial charge in [-0.15, -0.1) is 0 Å². The van der Waals surface area contributed by atoms with Crippen LogP contribution in [0.1, 0.15) is 11.1 Å². The van der Waals surface area contributed by atoms with Crippen molar-refractivity contribution in [2.24, 2.45) is 0 Å². The molecule has 2 aromatic rings. The van der Waals surface area contributed by atoms with Crippen molar-refractivity contribution in [3.05, 3.63) is 58.6 Å². The molecule has 0 saturated carbocycles. The highest BCUT2D eigenvalue weighted by molar-refractivity contribution is 6.61. The molecule has 4 nitrogen and oxygen atoms in total. The number of benzene rings is 2. The Labute approximate surface area is 135 Å². The van der Waals surface area contributed by atoms with E-state index in [2.05, 4.69) is 5.32 Å². The van der Waals surface area contributed by atoms with Gasteiger partial charge in [0.05, 0.1) is 0 Å². The van der Waals surface area contributed by atoms with Crippen LogP contribution in [-0.2, 0) is 15.9 Å². The Hall–Kier alpha value is -1.82. The number of anilines is 1. The molecule has 0 aromatic heterocycles. The molecule has 2 N–H and O–H groups in total. The van der Waals surface area contributed by atoms with Crippen LogP contribution in [0, 0.1) is 6.92 Å². The van der Waals surface area contributed by atoms with Gasteiger partial charge in [-0.3, -0.25) is 4.79 Å². The molecule has 22 heavy (non-hydrogen) atoms. The van der Waals surface area contributed by atoms with Gasteiger partial charge in [-0.1, -0.05) is 35.9 Å². The van der Waals surface area contributed by atoms with Crippen molar-refractivity contribution in [3.8, 4) is 0 Å². The molecule has 3 rings (SSSR count). The summed E-state index contributed by atoms with van der Waals surface area (Å²) in [5.41, 5.74) is 3.61. The molecule has 0 aliphatic carbocycles. The van der Waals surface area contributed by atoms with E-state index in [0.29, 0.717) is 18.7 Å². The predicted molar refractivity (Wildman–Crippen MR) is 89.6 cm³/mol. The van der Waals surface area contributed by atoms with Gasteiger partial charge >= 0.3 is 7.12 Å². The fraction of sp³-hybridized carbons (Fsp3) is 0.188. The minimum absolute atomic E-state index is 0.536. The third-order valence-corrected chi connectivity index (χ3v) is 3.79. The number of amides is 1. The zero-order chi connectivity index (χ0) is 15.9. The Morgan fingerprint density at radius 3 is 2.73 bits per heavy atom. The van der Waals surface area contributed by atoms with E-state index in [1.54, 1.807) is 6.07 Å². The molecular weight excluding hydrogens is 300 g/mol. The average Bonchev–Trinajstić information content (AvgIpc) is 2.52. The molecule has 1 heterocycles. The highest BCUT2D eigenvalue weighted by atomic mass is 35.5. The Morgan fingerprint density at radius 2 is 2.09 bits per heavy atom. The van der Waals surface area contributed by atoms with E-state index in [1.807, 2.05) is 43.3 Å². The quantitative estimate of drug-likeness (QED) is 0.659. The van der Waals surface area contributed by atoms with Crippen LogP contribution in [0.2, 0.25) is 5.02 Å². The largest absolute Gasteiger partial charge is 0.491 e. The summed E-state index contributed by atoms with van der Waals surface area (Å²) in [7, 11) is -0.868. The first kappa shape index (κ1) is 16.6. The van der Waals surface area contributed by atoms with Crippen LogP contribution in [0.15, 0.2) is 42.5 Å². The van der Waals surface area contributed by atoms with Crippen molar-refractivity contribution >= 4 is 36.3 Å². The molecule has 0 unspecified atom stereocenters. The van der Waals surface area contributed by atoms with Crippen LogP contribution in [0.5, 0.6) is 0 Å². The van der Waals surface area contributed by atoms with E-state index < -0.39 is 7.12 Å². The van der Waals surface area contributed by atoms with Crippen molar-refractivity contribution in [1.82, 2.24) is 0 Å². The Bertz CT molecular complexity index is 630. The number of carbonyl (C=O) groups is 1. The van der Waals surface area contributed by atoms with Gasteiger partial charge in [0.25, 0.3) is 0 Å². The first-order valence-electron chi connectivity index (χ1n) is 6.95. The molecular formula is C16H17BClNO3. The summed E-state index contributed by atoms with van der Waals surface area (Å²) >= 11 is 5.71. The Morgan fingerprint density at radius 1 is 1.32 bits per heavy atom. The van der Waals surface area contributed by atoms with Crippen LogP contribution in [0.25, 0.3) is 0 Å². The first-order chi connectivity index (χ1) is 10.6. The summed E-state index contributed by atoms with van der Waals surface area (Å²) in [6.07, 6.45) is 1.41. The van der Waals surface area contributed by atoms with Crippen LogP contribution >= 0.6 is 11.6 Å². The highest BCUT2D eigenvalue weighted by Gasteiger charge is 2.24. The fourth-order valence-electron chi connectivity index (χ4n) is 2.13. The summed E-state index contributed by atoms with van der Waals surface area (Å²) in [4.78, 5) is 10.2. The standard InChI is InChI=1S/C9H10BNO3.C7H7Cl/c12-6-11-8-2-1-7-3-4-14-10(13)9(7)5-8;1-6-4-2-3-5-7(6)8/h1-2,5-6,13H,3-4H2,(H,11,12);2-5H,1H3. The molecule has 6 heteroatoms. The SMILES string of the molecule is Cc1ccccc1Cl.O=CNc1ccc2c(c1)B(O)OCC2. The lowest BCUT2D eigenvalue weighted by molar-refractivity contribution is -0.105. The smallest absolute Gasteiger partial charge is 0.423 e. The molecule has 1 aliphatic heterocycles. The summed E-state index contributed by atoms with van der Waals surface area (Å²) in [5.74, 6) is 0. The molecule has 2 aromatic carbocycles. The highest BCUT2D eigenvalue weighted by Crippen LogP contribution is 2.12. The lowest BCUT2D eigenvalue weighted by Gasteiger charge is -2.19. The number of hydrogen-bond acceptors (Lipinski definition) is 3.